The molecule has 20 nitrogen and oxygen atoms in total. The second-order valence-electron chi connectivity index (χ2n) is 17.7. The summed E-state index contributed by atoms with van der Waals surface area (Å²) < 4.78 is 65.5. The van der Waals surface area contributed by atoms with Crippen molar-refractivity contribution in [3.8, 4) is 0 Å². The fourth-order valence-corrected chi connectivity index (χ4v) is 10.0. The Morgan fingerprint density at radius 1 is 0.463 bits per heavy atom. The number of phosphoric acid groups is 3. The number of aliphatic hydroxyl groups is 3. The van der Waals surface area contributed by atoms with Gasteiger partial charge in [-0.25, -0.2) is 13.7 Å². The van der Waals surface area contributed by atoms with Crippen LogP contribution >= 0.6 is 23.5 Å². The van der Waals surface area contributed by atoms with E-state index in [0.717, 1.165) is 96.3 Å². The smallest absolute Gasteiger partial charge is 0.466 e. The number of hydrogen-bond acceptors (Lipinski definition) is 15. The molecule has 0 aromatic carbocycles. The third-order valence-electron chi connectivity index (χ3n) is 11.5. The van der Waals surface area contributed by atoms with Crippen molar-refractivity contribution in [1.82, 2.24) is 0 Å². The highest BCUT2D eigenvalue weighted by molar-refractivity contribution is 7.47. The van der Waals surface area contributed by atoms with E-state index in [1.54, 1.807) is 0 Å². The Bertz CT molecular complexity index is 1440. The highest BCUT2D eigenvalue weighted by Crippen LogP contribution is 2.51. The zero-order chi connectivity index (χ0) is 50.1. The van der Waals surface area contributed by atoms with Gasteiger partial charge in [0.2, 0.25) is 0 Å². The van der Waals surface area contributed by atoms with E-state index >= 15 is 0 Å². The van der Waals surface area contributed by atoms with E-state index in [1.165, 1.54) is 57.8 Å². The molecule has 1 fully saturated rings. The van der Waals surface area contributed by atoms with Gasteiger partial charge in [-0.2, -0.15) is 0 Å². The summed E-state index contributed by atoms with van der Waals surface area (Å²) in [6.07, 6.45) is 11.7. The molecule has 0 saturated heterocycles. The van der Waals surface area contributed by atoms with Gasteiger partial charge >= 0.3 is 35.4 Å². The molecule has 4 unspecified atom stereocenters. The summed E-state index contributed by atoms with van der Waals surface area (Å²) in [7, 11) is -16.6. The maximum atomic E-state index is 13.1. The van der Waals surface area contributed by atoms with E-state index in [9.17, 15) is 67.9 Å². The molecular weight excluding hydrogens is 941 g/mol. The molecule has 1 aliphatic rings. The molecule has 23 heteroatoms. The normalized spacial score (nSPS) is 21.5. The molecule has 0 aliphatic heterocycles. The molecular formula is C44H85O20P3. The zero-order valence-electron chi connectivity index (χ0n) is 40.0. The van der Waals surface area contributed by atoms with Gasteiger partial charge in [-0.3, -0.25) is 32.5 Å². The van der Waals surface area contributed by atoms with Gasteiger partial charge in [-0.15, -0.1) is 0 Å². The molecule has 0 amide bonds. The number of carbonyl (C=O) groups excluding carboxylic acids is 3. The molecule has 0 heterocycles. The number of carbonyl (C=O) groups is 3. The highest BCUT2D eigenvalue weighted by atomic mass is 31.2. The molecule has 0 radical (unpaired) electrons. The standard InChI is InChI=1S/C44H85O20P3/c1-3-5-6-7-8-9-10-11-15-18-21-24-27-31-37(46)61-36(33-38(47)59-32-28-25-22-19-16-13-12-14-17-20-23-26-30-35(45)29-4-2)34-60-67(57,58)64-44-40(49)42(62-65(51,52)53)39(48)43(41(44)50)63-66(54,55)56/h36,39-44,48-50H,3-34H2,1-2H3,(H,57,58)(H2,51,52,53)(H2,54,55,56)/t36-,39?,40+,41?,42+,43-,44?/m1/s1. The minimum Gasteiger partial charge on any atom is -0.466 e. The molecule has 0 bridgehead atoms. The van der Waals surface area contributed by atoms with Crippen LogP contribution in [0.15, 0.2) is 0 Å². The summed E-state index contributed by atoms with van der Waals surface area (Å²) in [4.78, 5) is 85.1. The Labute approximate surface area is 398 Å². The summed E-state index contributed by atoms with van der Waals surface area (Å²) in [5.74, 6) is -1.17. The fraction of sp³-hybridized carbons (Fsp3) is 0.932. The van der Waals surface area contributed by atoms with Crippen LogP contribution < -0.4 is 0 Å². The molecule has 67 heavy (non-hydrogen) atoms. The summed E-state index contributed by atoms with van der Waals surface area (Å²) in [6.45, 7) is 3.33. The molecule has 1 aliphatic carbocycles. The average Bonchev–Trinajstić information content (AvgIpc) is 3.24. The summed E-state index contributed by atoms with van der Waals surface area (Å²) in [6, 6.07) is 0. The first-order chi connectivity index (χ1) is 31.7. The van der Waals surface area contributed by atoms with E-state index < -0.39 is 91.2 Å². The lowest BCUT2D eigenvalue weighted by atomic mass is 9.85. The third-order valence-corrected chi connectivity index (χ3v) is 13.6. The molecule has 1 rings (SSSR count). The van der Waals surface area contributed by atoms with Crippen molar-refractivity contribution < 1.29 is 95.4 Å². The number of Topliss-reactive ketones (excluding diaryl/α,β-unsaturated/α-hetero) is 1. The van der Waals surface area contributed by atoms with Crippen molar-refractivity contribution in [2.75, 3.05) is 13.2 Å². The highest BCUT2D eigenvalue weighted by Gasteiger charge is 2.56. The maximum absolute atomic E-state index is 13.1. The van der Waals surface area contributed by atoms with Crippen LogP contribution in [-0.4, -0.2) is 113 Å². The number of hydrogen-bond donors (Lipinski definition) is 8. The Kier molecular flexibility index (Phi) is 35.0. The maximum Gasteiger partial charge on any atom is 0.472 e. The van der Waals surface area contributed by atoms with Crippen LogP contribution in [0, 0.1) is 0 Å². The monoisotopic (exact) mass is 1030 g/mol. The van der Waals surface area contributed by atoms with Crippen LogP contribution in [-0.2, 0) is 55.6 Å². The molecule has 0 aromatic rings. The minimum atomic E-state index is -5.56. The second-order valence-corrected chi connectivity index (χ2v) is 21.5. The van der Waals surface area contributed by atoms with E-state index in [0.29, 0.717) is 31.5 Å². The van der Waals surface area contributed by atoms with Crippen molar-refractivity contribution in [2.45, 2.75) is 249 Å². The van der Waals surface area contributed by atoms with Gasteiger partial charge < -0.3 is 49.3 Å². The lowest BCUT2D eigenvalue weighted by molar-refractivity contribution is -0.213. The van der Waals surface area contributed by atoms with E-state index in [4.69, 9.17) is 18.5 Å². The topological polar surface area (TPSA) is 320 Å². The van der Waals surface area contributed by atoms with E-state index in [-0.39, 0.29) is 13.0 Å². The van der Waals surface area contributed by atoms with Gasteiger partial charge in [0.1, 0.15) is 48.5 Å². The van der Waals surface area contributed by atoms with Gasteiger partial charge in [0.05, 0.1) is 19.6 Å². The Morgan fingerprint density at radius 3 is 1.24 bits per heavy atom. The number of ketones is 1. The zero-order valence-corrected chi connectivity index (χ0v) is 42.7. The Hall–Kier alpha value is -1.18. The van der Waals surface area contributed by atoms with Crippen molar-refractivity contribution in [3.63, 3.8) is 0 Å². The van der Waals surface area contributed by atoms with E-state index in [2.05, 4.69) is 16.0 Å². The van der Waals surface area contributed by atoms with Crippen LogP contribution in [0.4, 0.5) is 0 Å². The van der Waals surface area contributed by atoms with Crippen molar-refractivity contribution >= 4 is 41.2 Å². The Balaban J connectivity index is 2.71. The number of rotatable bonds is 43. The summed E-state index contributed by atoms with van der Waals surface area (Å²) >= 11 is 0. The van der Waals surface area contributed by atoms with Crippen LogP contribution in [0.5, 0.6) is 0 Å². The first-order valence-electron chi connectivity index (χ1n) is 24.7. The molecule has 8 atom stereocenters. The number of esters is 2. The van der Waals surface area contributed by atoms with Gasteiger partial charge in [-0.05, 0) is 25.7 Å². The summed E-state index contributed by atoms with van der Waals surface area (Å²) in [5, 5.41) is 31.9. The third kappa shape index (κ3) is 33.2. The number of aliphatic hydroxyl groups excluding tert-OH is 3. The van der Waals surface area contributed by atoms with E-state index in [1.807, 2.05) is 6.92 Å². The number of unbranched alkanes of at least 4 members (excludes halogenated alkanes) is 23. The SMILES string of the molecule is CCCCCCCCCCCCCCCC(=O)O[C@@H](COP(=O)(O)OC1C(O)[C@H](OP(=O)(O)O)C(O)[C@H](OP(=O)(O)O)[C@@H]1O)CC(=O)OCCCCCCCCCCCCCCC(=O)CCC. The van der Waals surface area contributed by atoms with Gasteiger partial charge in [0, 0.05) is 19.3 Å². The second kappa shape index (κ2) is 36.7. The van der Waals surface area contributed by atoms with Gasteiger partial charge in [-0.1, -0.05) is 155 Å². The molecule has 0 spiro atoms. The largest absolute Gasteiger partial charge is 0.472 e. The van der Waals surface area contributed by atoms with Gasteiger partial charge in [0.25, 0.3) is 0 Å². The van der Waals surface area contributed by atoms with Gasteiger partial charge in [0.15, 0.2) is 0 Å². The molecule has 1 saturated carbocycles. The average molecular weight is 1030 g/mol. The number of phosphoric ester groups is 3. The van der Waals surface area contributed by atoms with Crippen LogP contribution in [0.1, 0.15) is 206 Å². The van der Waals surface area contributed by atoms with Crippen molar-refractivity contribution in [1.29, 1.82) is 0 Å². The first kappa shape index (κ1) is 63.8. The lowest BCUT2D eigenvalue weighted by Crippen LogP contribution is -2.65. The van der Waals surface area contributed by atoms with Crippen LogP contribution in [0.2, 0.25) is 0 Å². The number of ether oxygens (including phenoxy) is 2. The summed E-state index contributed by atoms with van der Waals surface area (Å²) in [5.41, 5.74) is 0. The van der Waals surface area contributed by atoms with Crippen molar-refractivity contribution in [2.24, 2.45) is 0 Å². The molecule has 0 aromatic heterocycles. The first-order valence-corrected chi connectivity index (χ1v) is 29.3. The predicted octanol–water partition coefficient (Wildman–Crippen LogP) is 8.31. The fourth-order valence-electron chi connectivity index (χ4n) is 7.91. The lowest BCUT2D eigenvalue weighted by Gasteiger charge is -2.44. The van der Waals surface area contributed by atoms with Crippen LogP contribution in [0.3, 0.4) is 0 Å². The van der Waals surface area contributed by atoms with Crippen molar-refractivity contribution in [3.05, 3.63) is 0 Å². The quantitative estimate of drug-likeness (QED) is 0.0162. The predicted molar refractivity (Wildman–Crippen MR) is 248 cm³/mol. The molecule has 8 N–H and O–H groups in total. The Morgan fingerprint density at radius 2 is 0.836 bits per heavy atom. The molecule has 396 valence electrons. The minimum absolute atomic E-state index is 0.0241. The van der Waals surface area contributed by atoms with Crippen LogP contribution in [0.25, 0.3) is 0 Å².